The normalized spacial score (nSPS) is 14.8. The van der Waals surface area contributed by atoms with E-state index in [0.717, 1.165) is 31.4 Å². The second-order valence-corrected chi connectivity index (χ2v) is 7.67. The zero-order valence-corrected chi connectivity index (χ0v) is 17.0. The van der Waals surface area contributed by atoms with Crippen molar-refractivity contribution in [3.63, 3.8) is 0 Å². The summed E-state index contributed by atoms with van der Waals surface area (Å²) in [6, 6.07) is 4.26. The molecule has 1 aliphatic carbocycles. The van der Waals surface area contributed by atoms with E-state index in [-0.39, 0.29) is 18.3 Å². The minimum atomic E-state index is -4.50. The molecular formula is C21H22F3N3O5. The van der Waals surface area contributed by atoms with Gasteiger partial charge < -0.3 is 15.5 Å². The number of hydrogen-bond donors (Lipinski definition) is 3. The van der Waals surface area contributed by atoms with E-state index in [2.05, 4.69) is 4.98 Å². The van der Waals surface area contributed by atoms with Gasteiger partial charge in [-0.05, 0) is 30.5 Å². The maximum atomic E-state index is 13.1. The van der Waals surface area contributed by atoms with Gasteiger partial charge in [-0.1, -0.05) is 31.4 Å². The first-order valence-corrected chi connectivity index (χ1v) is 10.1. The van der Waals surface area contributed by atoms with Crippen molar-refractivity contribution >= 4 is 11.9 Å². The molecule has 1 aromatic carbocycles. The summed E-state index contributed by atoms with van der Waals surface area (Å²) < 4.78 is 39.7. The van der Waals surface area contributed by atoms with Gasteiger partial charge in [-0.25, -0.2) is 0 Å². The Morgan fingerprint density at radius 3 is 2.31 bits per heavy atom. The molecule has 2 aromatic rings. The molecule has 1 fully saturated rings. The first-order valence-electron chi connectivity index (χ1n) is 10.1. The number of hydrogen-bond acceptors (Lipinski definition) is 5. The third-order valence-electron chi connectivity index (χ3n) is 5.40. The fourth-order valence-corrected chi connectivity index (χ4v) is 3.81. The maximum absolute atomic E-state index is 13.1. The molecule has 0 saturated heterocycles. The summed E-state index contributed by atoms with van der Waals surface area (Å²) in [5.41, 5.74) is -2.06. The van der Waals surface area contributed by atoms with Gasteiger partial charge in [0.15, 0.2) is 5.56 Å². The van der Waals surface area contributed by atoms with Crippen LogP contribution in [0.5, 0.6) is 5.88 Å². The minimum Gasteiger partial charge on any atom is -0.493 e. The minimum absolute atomic E-state index is 0.157. The van der Waals surface area contributed by atoms with Crippen LogP contribution in [0.4, 0.5) is 13.2 Å². The number of aliphatic carboxylic acids is 1. The number of halogens is 3. The lowest BCUT2D eigenvalue weighted by atomic mass is 9.88. The van der Waals surface area contributed by atoms with Crippen molar-refractivity contribution in [1.82, 2.24) is 14.9 Å². The molecule has 8 nitrogen and oxygen atoms in total. The highest BCUT2D eigenvalue weighted by molar-refractivity contribution is 5.97. The Morgan fingerprint density at radius 1 is 1.12 bits per heavy atom. The van der Waals surface area contributed by atoms with Gasteiger partial charge in [0.1, 0.15) is 12.4 Å². The van der Waals surface area contributed by atoms with Crippen molar-refractivity contribution in [2.75, 3.05) is 6.54 Å². The summed E-state index contributed by atoms with van der Waals surface area (Å²) in [5.74, 6) is -3.15. The van der Waals surface area contributed by atoms with Crippen molar-refractivity contribution in [3.05, 3.63) is 57.1 Å². The first kappa shape index (κ1) is 23.3. The summed E-state index contributed by atoms with van der Waals surface area (Å²) >= 11 is 0. The van der Waals surface area contributed by atoms with Gasteiger partial charge in [0.25, 0.3) is 11.5 Å². The van der Waals surface area contributed by atoms with Gasteiger partial charge >= 0.3 is 12.1 Å². The highest BCUT2D eigenvalue weighted by Crippen LogP contribution is 2.33. The highest BCUT2D eigenvalue weighted by Gasteiger charge is 2.30. The number of carboxylic acids is 1. The lowest BCUT2D eigenvalue weighted by Gasteiger charge is -2.25. The van der Waals surface area contributed by atoms with Crippen LogP contribution >= 0.6 is 0 Å². The molecule has 0 unspecified atom stereocenters. The van der Waals surface area contributed by atoms with E-state index in [1.165, 1.54) is 16.7 Å². The van der Waals surface area contributed by atoms with Gasteiger partial charge in [-0.15, -0.1) is 0 Å². The van der Waals surface area contributed by atoms with Gasteiger partial charge in [0, 0.05) is 5.92 Å². The van der Waals surface area contributed by atoms with E-state index >= 15 is 0 Å². The largest absolute Gasteiger partial charge is 0.493 e. The lowest BCUT2D eigenvalue weighted by Crippen LogP contribution is -2.38. The monoisotopic (exact) mass is 453 g/mol. The van der Waals surface area contributed by atoms with E-state index in [1.54, 1.807) is 0 Å². The maximum Gasteiger partial charge on any atom is 0.416 e. The topological polar surface area (TPSA) is 122 Å². The number of carbonyl (C=O) groups excluding carboxylic acids is 1. The van der Waals surface area contributed by atoms with Gasteiger partial charge in [0.05, 0.1) is 12.1 Å². The van der Waals surface area contributed by atoms with Crippen molar-refractivity contribution in [3.8, 4) is 5.88 Å². The molecule has 0 radical (unpaired) electrons. The Labute approximate surface area is 180 Å². The molecule has 11 heteroatoms. The zero-order chi connectivity index (χ0) is 23.5. The van der Waals surface area contributed by atoms with Crippen LogP contribution in [0, 0.1) is 0 Å². The van der Waals surface area contributed by atoms with Gasteiger partial charge in [-0.3, -0.25) is 19.0 Å². The lowest BCUT2D eigenvalue weighted by molar-refractivity contribution is -0.138. The standard InChI is InChI=1S/C21H22F3N3O5/c22-21(23,24)14-8-6-12(7-9-14)11-27-17(13-4-2-1-3-5-13)26-19(31)16(20(27)32)18(30)25-10-15(28)29/h6-9,13,31H,1-5,10-11H2,(H,25,30)(H,28,29). The molecule has 32 heavy (non-hydrogen) atoms. The summed E-state index contributed by atoms with van der Waals surface area (Å²) in [4.78, 5) is 40.3. The number of nitrogens with one attached hydrogen (secondary N) is 1. The van der Waals surface area contributed by atoms with Crippen LogP contribution in [0.25, 0.3) is 0 Å². The predicted molar refractivity (Wildman–Crippen MR) is 107 cm³/mol. The summed E-state index contributed by atoms with van der Waals surface area (Å²) in [6.45, 7) is -0.920. The molecule has 1 heterocycles. The fourth-order valence-electron chi connectivity index (χ4n) is 3.81. The number of carboxylic acid groups (broad SMARTS) is 1. The molecule has 0 bridgehead atoms. The van der Waals surface area contributed by atoms with Crippen molar-refractivity contribution in [1.29, 1.82) is 0 Å². The Balaban J connectivity index is 2.04. The fraction of sp³-hybridized carbons (Fsp3) is 0.429. The number of aromatic nitrogens is 2. The third-order valence-corrected chi connectivity index (χ3v) is 5.40. The molecular weight excluding hydrogens is 431 g/mol. The first-order chi connectivity index (χ1) is 15.1. The molecule has 1 saturated carbocycles. The Hall–Kier alpha value is -3.37. The van der Waals surface area contributed by atoms with E-state index < -0.39 is 47.2 Å². The van der Waals surface area contributed by atoms with Crippen LogP contribution in [-0.2, 0) is 17.5 Å². The number of carbonyl (C=O) groups is 2. The Kier molecular flexibility index (Phi) is 6.85. The Morgan fingerprint density at radius 2 is 1.75 bits per heavy atom. The van der Waals surface area contributed by atoms with E-state index in [1.807, 2.05) is 5.32 Å². The van der Waals surface area contributed by atoms with Gasteiger partial charge in [0.2, 0.25) is 5.88 Å². The number of amides is 1. The SMILES string of the molecule is O=C(O)CNC(=O)c1c(O)nc(C2CCCCC2)n(Cc2ccc(C(F)(F)F)cc2)c1=O. The van der Waals surface area contributed by atoms with Crippen LogP contribution in [0.1, 0.15) is 65.3 Å². The molecule has 0 atom stereocenters. The Bertz CT molecular complexity index is 1060. The molecule has 0 aliphatic heterocycles. The number of benzene rings is 1. The molecule has 172 valence electrons. The second-order valence-electron chi connectivity index (χ2n) is 7.67. The molecule has 0 spiro atoms. The molecule has 3 rings (SSSR count). The summed E-state index contributed by atoms with van der Waals surface area (Å²) in [6.07, 6.45) is -0.281. The van der Waals surface area contributed by atoms with E-state index in [0.29, 0.717) is 18.4 Å². The van der Waals surface area contributed by atoms with E-state index in [4.69, 9.17) is 5.11 Å². The average Bonchev–Trinajstić information content (AvgIpc) is 2.74. The molecule has 3 N–H and O–H groups in total. The average molecular weight is 453 g/mol. The third kappa shape index (κ3) is 5.27. The number of aromatic hydroxyl groups is 1. The second kappa shape index (κ2) is 9.41. The molecule has 1 amide bonds. The summed E-state index contributed by atoms with van der Waals surface area (Å²) in [7, 11) is 0. The van der Waals surface area contributed by atoms with E-state index in [9.17, 15) is 32.7 Å². The molecule has 1 aliphatic rings. The summed E-state index contributed by atoms with van der Waals surface area (Å²) in [5, 5.41) is 21.0. The van der Waals surface area contributed by atoms with Crippen molar-refractivity contribution in [2.24, 2.45) is 0 Å². The van der Waals surface area contributed by atoms with Crippen LogP contribution in [0.15, 0.2) is 29.1 Å². The number of rotatable bonds is 6. The van der Waals surface area contributed by atoms with Crippen molar-refractivity contribution in [2.45, 2.75) is 50.7 Å². The quantitative estimate of drug-likeness (QED) is 0.619. The smallest absolute Gasteiger partial charge is 0.416 e. The van der Waals surface area contributed by atoms with Crippen LogP contribution in [-0.4, -0.2) is 38.2 Å². The van der Waals surface area contributed by atoms with Crippen LogP contribution < -0.4 is 10.9 Å². The zero-order valence-electron chi connectivity index (χ0n) is 17.0. The van der Waals surface area contributed by atoms with Crippen molar-refractivity contribution < 1.29 is 33.0 Å². The number of alkyl halides is 3. The molecule has 1 aromatic heterocycles. The predicted octanol–water partition coefficient (Wildman–Crippen LogP) is 2.88. The van der Waals surface area contributed by atoms with Crippen LogP contribution in [0.2, 0.25) is 0 Å². The van der Waals surface area contributed by atoms with Crippen LogP contribution in [0.3, 0.4) is 0 Å². The van der Waals surface area contributed by atoms with Gasteiger partial charge in [-0.2, -0.15) is 18.2 Å². The highest BCUT2D eigenvalue weighted by atomic mass is 19.4. The number of nitrogens with zero attached hydrogens (tertiary/aromatic N) is 2.